The summed E-state index contributed by atoms with van der Waals surface area (Å²) < 4.78 is 0. The molecule has 0 aliphatic carbocycles. The Bertz CT molecular complexity index is 363. The van der Waals surface area contributed by atoms with Gasteiger partial charge in [-0.15, -0.1) is 12.4 Å². The predicted molar refractivity (Wildman–Crippen MR) is 188 cm³/mol. The first-order valence-electron chi connectivity index (χ1n) is 18.5. The average molecular weight is 590 g/mol. The molecule has 0 aliphatic heterocycles. The van der Waals surface area contributed by atoms with E-state index < -0.39 is 0 Å². The van der Waals surface area contributed by atoms with E-state index in [2.05, 4.69) is 13.8 Å². The highest BCUT2D eigenvalue weighted by atomic mass is 35.5. The predicted octanol–water partition coefficient (Wildman–Crippen LogP) is 15.0. The van der Waals surface area contributed by atoms with Crippen molar-refractivity contribution in [1.29, 1.82) is 0 Å². The van der Waals surface area contributed by atoms with Crippen molar-refractivity contribution in [2.24, 2.45) is 0 Å². The number of hydrogen-bond acceptors (Lipinski definition) is 1. The van der Waals surface area contributed by atoms with Crippen LogP contribution in [0.15, 0.2) is 0 Å². The topological polar surface area (TPSA) is 0 Å². The van der Waals surface area contributed by atoms with Crippen LogP contribution < -0.4 is 0 Å². The summed E-state index contributed by atoms with van der Waals surface area (Å²) in [5, 5.41) is 0.660. The minimum atomic E-state index is 0. The second-order valence-corrected chi connectivity index (χ2v) is 13.6. The molecule has 0 fully saturated rings. The Morgan fingerprint density at radius 3 is 0.615 bits per heavy atom. The van der Waals surface area contributed by atoms with E-state index >= 15 is 0 Å². The Labute approximate surface area is 261 Å². The number of thiol groups is 1. The number of unbranched alkanes of at least 4 members (excludes halogenated alkanes) is 30. The van der Waals surface area contributed by atoms with Crippen LogP contribution in [-0.2, 0) is 0 Å². The van der Waals surface area contributed by atoms with Crippen LogP contribution >= 0.6 is 25.0 Å². The van der Waals surface area contributed by atoms with Crippen molar-refractivity contribution in [3.63, 3.8) is 0 Å². The van der Waals surface area contributed by atoms with Crippen LogP contribution in [0.3, 0.4) is 0 Å². The zero-order chi connectivity index (χ0) is 27.6. The molecule has 0 radical (unpaired) electrons. The van der Waals surface area contributed by atoms with Gasteiger partial charge in [0, 0.05) is 5.25 Å². The van der Waals surface area contributed by atoms with Gasteiger partial charge in [-0.3, -0.25) is 0 Å². The Morgan fingerprint density at radius 2 is 0.436 bits per heavy atom. The molecular formula is C37H77ClS. The van der Waals surface area contributed by atoms with Crippen LogP contribution in [0.2, 0.25) is 0 Å². The van der Waals surface area contributed by atoms with Gasteiger partial charge in [-0.2, -0.15) is 12.6 Å². The fourth-order valence-corrected chi connectivity index (χ4v) is 6.37. The van der Waals surface area contributed by atoms with E-state index in [1.807, 2.05) is 0 Å². The van der Waals surface area contributed by atoms with Crippen molar-refractivity contribution in [3.05, 3.63) is 0 Å². The summed E-state index contributed by atoms with van der Waals surface area (Å²) in [6.45, 7) is 4.61. The van der Waals surface area contributed by atoms with Crippen molar-refractivity contribution in [1.82, 2.24) is 0 Å². The van der Waals surface area contributed by atoms with E-state index in [-0.39, 0.29) is 12.4 Å². The molecule has 0 spiro atoms. The quantitative estimate of drug-likeness (QED) is 0.0560. The van der Waals surface area contributed by atoms with Crippen LogP contribution in [0.4, 0.5) is 0 Å². The second-order valence-electron chi connectivity index (χ2n) is 12.8. The molecule has 0 heterocycles. The van der Waals surface area contributed by atoms with Gasteiger partial charge in [0.25, 0.3) is 0 Å². The first-order chi connectivity index (χ1) is 18.8. The standard InChI is InChI=1S/C37H76S.ClH/c1-3-5-7-9-11-13-15-17-19-21-23-25-27-29-31-33-35-37(38)36-34-32-30-28-26-24-22-20-18-16-14-12-10-8-6-4-2;/h37-38H,3-36H2,1-2H3;1H. The van der Waals surface area contributed by atoms with Crippen LogP contribution in [0.1, 0.15) is 232 Å². The van der Waals surface area contributed by atoms with Gasteiger partial charge in [0.15, 0.2) is 0 Å². The average Bonchev–Trinajstić information content (AvgIpc) is 2.92. The van der Waals surface area contributed by atoms with E-state index in [1.165, 1.54) is 218 Å². The van der Waals surface area contributed by atoms with Crippen LogP contribution in [0.5, 0.6) is 0 Å². The summed E-state index contributed by atoms with van der Waals surface area (Å²) in [4.78, 5) is 0. The Kier molecular flexibility index (Phi) is 41.4. The molecule has 0 saturated heterocycles. The molecule has 0 aliphatic rings. The van der Waals surface area contributed by atoms with Gasteiger partial charge in [0.2, 0.25) is 0 Å². The fourth-order valence-electron chi connectivity index (χ4n) is 6.00. The Morgan fingerprint density at radius 1 is 0.282 bits per heavy atom. The van der Waals surface area contributed by atoms with Gasteiger partial charge in [-0.1, -0.05) is 219 Å². The SMILES string of the molecule is CCCCCCCCCCCCCCCCCCC(S)CCCCCCCCCCCCCCCCCC.Cl. The van der Waals surface area contributed by atoms with Crippen molar-refractivity contribution in [3.8, 4) is 0 Å². The lowest BCUT2D eigenvalue weighted by Gasteiger charge is -2.10. The summed E-state index contributed by atoms with van der Waals surface area (Å²) >= 11 is 4.88. The maximum Gasteiger partial charge on any atom is 0.00168 e. The molecule has 39 heavy (non-hydrogen) atoms. The summed E-state index contributed by atoms with van der Waals surface area (Å²) in [6.07, 6.45) is 49.4. The minimum Gasteiger partial charge on any atom is -0.176 e. The van der Waals surface area contributed by atoms with Crippen molar-refractivity contribution >= 4 is 25.0 Å². The second kappa shape index (κ2) is 38.6. The summed E-state index contributed by atoms with van der Waals surface area (Å²) in [5.74, 6) is 0. The first-order valence-corrected chi connectivity index (χ1v) is 19.0. The Balaban J connectivity index is 0. The highest BCUT2D eigenvalue weighted by Crippen LogP contribution is 2.19. The highest BCUT2D eigenvalue weighted by molar-refractivity contribution is 7.80. The molecule has 238 valence electrons. The molecule has 0 aromatic rings. The van der Waals surface area contributed by atoms with Gasteiger partial charge in [0.1, 0.15) is 0 Å². The lowest BCUT2D eigenvalue weighted by atomic mass is 10.0. The summed E-state index contributed by atoms with van der Waals surface area (Å²) in [7, 11) is 0. The maximum absolute atomic E-state index is 4.88. The van der Waals surface area contributed by atoms with Crippen molar-refractivity contribution in [2.75, 3.05) is 0 Å². The number of halogens is 1. The van der Waals surface area contributed by atoms with E-state index in [4.69, 9.17) is 12.6 Å². The molecule has 0 unspecified atom stereocenters. The molecule has 2 heteroatoms. The third-order valence-electron chi connectivity index (χ3n) is 8.78. The summed E-state index contributed by atoms with van der Waals surface area (Å²) in [5.41, 5.74) is 0. The van der Waals surface area contributed by atoms with E-state index in [9.17, 15) is 0 Å². The number of rotatable bonds is 34. The molecule has 0 amide bonds. The molecule has 0 nitrogen and oxygen atoms in total. The van der Waals surface area contributed by atoms with Crippen LogP contribution in [-0.4, -0.2) is 5.25 Å². The molecule has 0 N–H and O–H groups in total. The van der Waals surface area contributed by atoms with Gasteiger partial charge >= 0.3 is 0 Å². The molecule has 0 bridgehead atoms. The van der Waals surface area contributed by atoms with Gasteiger partial charge in [0.05, 0.1) is 0 Å². The smallest absolute Gasteiger partial charge is 0.00168 e. The van der Waals surface area contributed by atoms with Crippen LogP contribution in [0.25, 0.3) is 0 Å². The third-order valence-corrected chi connectivity index (χ3v) is 9.30. The largest absolute Gasteiger partial charge is 0.176 e. The first kappa shape index (κ1) is 41.8. The molecule has 0 rings (SSSR count). The normalized spacial score (nSPS) is 11.4. The Hall–Kier alpha value is 0.640. The van der Waals surface area contributed by atoms with Gasteiger partial charge < -0.3 is 0 Å². The number of hydrogen-bond donors (Lipinski definition) is 1. The van der Waals surface area contributed by atoms with E-state index in [0.29, 0.717) is 5.25 Å². The monoisotopic (exact) mass is 589 g/mol. The highest BCUT2D eigenvalue weighted by Gasteiger charge is 2.03. The van der Waals surface area contributed by atoms with Crippen LogP contribution in [0, 0.1) is 0 Å². The third kappa shape index (κ3) is 38.6. The lowest BCUT2D eigenvalue weighted by Crippen LogP contribution is -1.98. The summed E-state index contributed by atoms with van der Waals surface area (Å²) in [6, 6.07) is 0. The maximum atomic E-state index is 4.88. The van der Waals surface area contributed by atoms with E-state index in [0.717, 1.165) is 0 Å². The zero-order valence-corrected chi connectivity index (χ0v) is 29.2. The van der Waals surface area contributed by atoms with Crippen molar-refractivity contribution < 1.29 is 0 Å². The van der Waals surface area contributed by atoms with Gasteiger partial charge in [-0.05, 0) is 12.8 Å². The van der Waals surface area contributed by atoms with Crippen molar-refractivity contribution in [2.45, 2.75) is 237 Å². The molecule has 0 saturated carbocycles. The fraction of sp³-hybridized carbons (Fsp3) is 1.00. The molecule has 0 atom stereocenters. The minimum absolute atomic E-state index is 0. The zero-order valence-electron chi connectivity index (χ0n) is 27.5. The molecule has 0 aromatic carbocycles. The van der Waals surface area contributed by atoms with Gasteiger partial charge in [-0.25, -0.2) is 0 Å². The van der Waals surface area contributed by atoms with E-state index in [1.54, 1.807) is 0 Å². The molecule has 0 aromatic heterocycles. The lowest BCUT2D eigenvalue weighted by molar-refractivity contribution is 0.515. The molecular weight excluding hydrogens is 512 g/mol.